The number of aryl methyl sites for hydroxylation is 1. The molecule has 17 heavy (non-hydrogen) atoms. The molecule has 0 spiro atoms. The summed E-state index contributed by atoms with van der Waals surface area (Å²) in [6.45, 7) is 0. The summed E-state index contributed by atoms with van der Waals surface area (Å²) in [5.41, 5.74) is 9.08. The number of benzene rings is 1. The lowest BCUT2D eigenvalue weighted by Gasteiger charge is -1.98. The number of hydrogen-bond donors (Lipinski definition) is 2. The van der Waals surface area contributed by atoms with E-state index in [0.717, 1.165) is 16.6 Å². The van der Waals surface area contributed by atoms with Gasteiger partial charge in [-0.2, -0.15) is 0 Å². The number of nitrogens with two attached hydrogens (primary N) is 1. The van der Waals surface area contributed by atoms with Crippen LogP contribution in [0, 0.1) is 0 Å². The van der Waals surface area contributed by atoms with Crippen molar-refractivity contribution in [3.8, 4) is 11.3 Å². The highest BCUT2D eigenvalue weighted by atomic mass is 35.5. The van der Waals surface area contributed by atoms with Gasteiger partial charge in [0, 0.05) is 12.6 Å². The van der Waals surface area contributed by atoms with Crippen molar-refractivity contribution in [1.29, 1.82) is 0 Å². The van der Waals surface area contributed by atoms with E-state index in [0.29, 0.717) is 16.8 Å². The predicted molar refractivity (Wildman–Crippen MR) is 67.7 cm³/mol. The number of fused-ring (bicyclic) bond motifs is 1. The minimum absolute atomic E-state index is 0.311. The normalized spacial score (nSPS) is 11.2. The number of nitrogen functional groups attached to an aromatic ring is 1. The molecule has 0 radical (unpaired) electrons. The van der Waals surface area contributed by atoms with E-state index in [-0.39, 0.29) is 0 Å². The van der Waals surface area contributed by atoms with Crippen molar-refractivity contribution in [2.75, 3.05) is 5.73 Å². The van der Waals surface area contributed by atoms with Crippen LogP contribution in [0.2, 0.25) is 5.15 Å². The summed E-state index contributed by atoms with van der Waals surface area (Å²) < 4.78 is 1.96. The number of hydrogen-bond acceptors (Lipinski definition) is 3. The van der Waals surface area contributed by atoms with Crippen LogP contribution in [0.5, 0.6) is 0 Å². The standard InChI is InChI=1S/C11H10ClN5/c1-17-5-14-7-4-6(2-3-8(7)17)9-10(12)16-11(13)15-9/h2-5H,1H3,(H3,13,15,16). The largest absolute Gasteiger partial charge is 0.369 e. The van der Waals surface area contributed by atoms with E-state index >= 15 is 0 Å². The van der Waals surface area contributed by atoms with Gasteiger partial charge in [0.2, 0.25) is 0 Å². The van der Waals surface area contributed by atoms with Gasteiger partial charge in [0.1, 0.15) is 10.8 Å². The summed E-state index contributed by atoms with van der Waals surface area (Å²) >= 11 is 6.01. The van der Waals surface area contributed by atoms with Gasteiger partial charge >= 0.3 is 0 Å². The first kappa shape index (κ1) is 10.2. The molecule has 86 valence electrons. The summed E-state index contributed by atoms with van der Waals surface area (Å²) in [4.78, 5) is 11.2. The average Bonchev–Trinajstić information content (AvgIpc) is 2.82. The van der Waals surface area contributed by atoms with Crippen molar-refractivity contribution in [2.24, 2.45) is 7.05 Å². The van der Waals surface area contributed by atoms with Gasteiger partial charge in [-0.05, 0) is 12.1 Å². The van der Waals surface area contributed by atoms with Crippen molar-refractivity contribution in [1.82, 2.24) is 19.5 Å². The molecule has 0 amide bonds. The summed E-state index contributed by atoms with van der Waals surface area (Å²) in [5.74, 6) is 0.311. The number of nitrogens with one attached hydrogen (secondary N) is 1. The van der Waals surface area contributed by atoms with Crippen LogP contribution in [0.4, 0.5) is 5.95 Å². The summed E-state index contributed by atoms with van der Waals surface area (Å²) in [6.07, 6.45) is 1.77. The molecule has 6 heteroatoms. The Hall–Kier alpha value is -2.01. The fourth-order valence-corrected chi connectivity index (χ4v) is 2.09. The predicted octanol–water partition coefficient (Wildman–Crippen LogP) is 2.20. The van der Waals surface area contributed by atoms with Gasteiger partial charge in [0.15, 0.2) is 5.95 Å². The van der Waals surface area contributed by atoms with Gasteiger partial charge in [-0.25, -0.2) is 9.97 Å². The number of rotatable bonds is 1. The molecule has 0 aliphatic heterocycles. The number of anilines is 1. The zero-order valence-electron chi connectivity index (χ0n) is 9.11. The smallest absolute Gasteiger partial charge is 0.199 e. The Balaban J connectivity index is 2.21. The highest BCUT2D eigenvalue weighted by Crippen LogP contribution is 2.28. The molecule has 3 rings (SSSR count). The summed E-state index contributed by atoms with van der Waals surface area (Å²) in [6, 6.07) is 5.88. The Labute approximate surface area is 102 Å². The SMILES string of the molecule is Cn1cnc2cc(-c3nc(N)[nH]c3Cl)ccc21. The maximum Gasteiger partial charge on any atom is 0.199 e. The fourth-order valence-electron chi connectivity index (χ4n) is 1.84. The lowest BCUT2D eigenvalue weighted by Crippen LogP contribution is -1.86. The topological polar surface area (TPSA) is 72.5 Å². The van der Waals surface area contributed by atoms with Gasteiger partial charge in [-0.1, -0.05) is 17.7 Å². The molecule has 3 N–H and O–H groups in total. The third-order valence-electron chi connectivity index (χ3n) is 2.68. The van der Waals surface area contributed by atoms with Crippen molar-refractivity contribution in [2.45, 2.75) is 0 Å². The molecule has 0 unspecified atom stereocenters. The second kappa shape index (κ2) is 3.49. The zero-order valence-corrected chi connectivity index (χ0v) is 9.86. The Morgan fingerprint density at radius 2 is 2.24 bits per heavy atom. The highest BCUT2D eigenvalue weighted by Gasteiger charge is 2.10. The zero-order chi connectivity index (χ0) is 12.0. The lowest BCUT2D eigenvalue weighted by molar-refractivity contribution is 0.948. The molecule has 3 aromatic rings. The van der Waals surface area contributed by atoms with Crippen LogP contribution < -0.4 is 5.73 Å². The first-order valence-corrected chi connectivity index (χ1v) is 5.45. The fraction of sp³-hybridized carbons (Fsp3) is 0.0909. The maximum atomic E-state index is 6.01. The Morgan fingerprint density at radius 3 is 2.94 bits per heavy atom. The molecular weight excluding hydrogens is 238 g/mol. The summed E-state index contributed by atoms with van der Waals surface area (Å²) in [7, 11) is 1.95. The van der Waals surface area contributed by atoms with Crippen molar-refractivity contribution < 1.29 is 0 Å². The maximum absolute atomic E-state index is 6.01. The highest BCUT2D eigenvalue weighted by molar-refractivity contribution is 6.32. The quantitative estimate of drug-likeness (QED) is 0.692. The van der Waals surface area contributed by atoms with Crippen molar-refractivity contribution in [3.05, 3.63) is 29.7 Å². The van der Waals surface area contributed by atoms with E-state index in [1.54, 1.807) is 6.33 Å². The number of aromatic amines is 1. The molecule has 0 saturated heterocycles. The van der Waals surface area contributed by atoms with Crippen LogP contribution in [0.1, 0.15) is 0 Å². The van der Waals surface area contributed by atoms with Crippen LogP contribution in [-0.4, -0.2) is 19.5 Å². The van der Waals surface area contributed by atoms with E-state index in [1.807, 2.05) is 29.8 Å². The first-order chi connectivity index (χ1) is 8.15. The monoisotopic (exact) mass is 247 g/mol. The van der Waals surface area contributed by atoms with Crippen LogP contribution >= 0.6 is 11.6 Å². The third kappa shape index (κ3) is 1.55. The number of nitrogens with zero attached hydrogens (tertiary/aromatic N) is 3. The molecule has 1 aromatic carbocycles. The second-order valence-electron chi connectivity index (χ2n) is 3.84. The average molecular weight is 248 g/mol. The molecule has 0 aliphatic rings. The van der Waals surface area contributed by atoms with Gasteiger partial charge in [-0.3, -0.25) is 0 Å². The van der Waals surface area contributed by atoms with E-state index in [4.69, 9.17) is 17.3 Å². The Morgan fingerprint density at radius 1 is 1.41 bits per heavy atom. The number of H-pyrrole nitrogens is 1. The lowest BCUT2D eigenvalue weighted by atomic mass is 10.1. The van der Waals surface area contributed by atoms with E-state index < -0.39 is 0 Å². The molecule has 0 bridgehead atoms. The molecule has 2 heterocycles. The first-order valence-electron chi connectivity index (χ1n) is 5.07. The molecule has 0 aliphatic carbocycles. The van der Waals surface area contributed by atoms with Crippen molar-refractivity contribution >= 4 is 28.6 Å². The molecule has 5 nitrogen and oxygen atoms in total. The molecule has 0 fully saturated rings. The van der Waals surface area contributed by atoms with Crippen LogP contribution in [0.3, 0.4) is 0 Å². The minimum atomic E-state index is 0.311. The van der Waals surface area contributed by atoms with Crippen LogP contribution in [0.15, 0.2) is 24.5 Å². The van der Waals surface area contributed by atoms with E-state index in [1.165, 1.54) is 0 Å². The van der Waals surface area contributed by atoms with Gasteiger partial charge in [0.25, 0.3) is 0 Å². The molecule has 0 saturated carbocycles. The Kier molecular flexibility index (Phi) is 2.09. The van der Waals surface area contributed by atoms with Crippen LogP contribution in [-0.2, 0) is 7.05 Å². The number of imidazole rings is 2. The molecular formula is C11H10ClN5. The van der Waals surface area contributed by atoms with Crippen LogP contribution in [0.25, 0.3) is 22.3 Å². The van der Waals surface area contributed by atoms with Crippen molar-refractivity contribution in [3.63, 3.8) is 0 Å². The summed E-state index contributed by atoms with van der Waals surface area (Å²) in [5, 5.41) is 0.442. The molecule has 2 aromatic heterocycles. The van der Waals surface area contributed by atoms with Gasteiger partial charge < -0.3 is 15.3 Å². The molecule has 0 atom stereocenters. The Bertz CT molecular complexity index is 697. The minimum Gasteiger partial charge on any atom is -0.369 e. The number of halogens is 1. The van der Waals surface area contributed by atoms with Gasteiger partial charge in [0.05, 0.1) is 17.4 Å². The number of aromatic nitrogens is 4. The van der Waals surface area contributed by atoms with E-state index in [2.05, 4.69) is 15.0 Å². The second-order valence-corrected chi connectivity index (χ2v) is 4.22. The van der Waals surface area contributed by atoms with Gasteiger partial charge in [-0.15, -0.1) is 0 Å². The third-order valence-corrected chi connectivity index (χ3v) is 2.95. The van der Waals surface area contributed by atoms with E-state index in [9.17, 15) is 0 Å².